The summed E-state index contributed by atoms with van der Waals surface area (Å²) in [7, 11) is 0. The van der Waals surface area contributed by atoms with E-state index in [1.165, 1.54) is 6.92 Å². The molecule has 1 amide bonds. The number of nitrogens with one attached hydrogen (secondary N) is 2. The Morgan fingerprint density at radius 1 is 1.12 bits per heavy atom. The first-order valence-corrected chi connectivity index (χ1v) is 11.4. The number of ether oxygens (including phenoxy) is 1. The maximum Gasteiger partial charge on any atom is 0.339 e. The third-order valence-corrected chi connectivity index (χ3v) is 6.20. The second-order valence-electron chi connectivity index (χ2n) is 8.90. The number of amides is 1. The summed E-state index contributed by atoms with van der Waals surface area (Å²) in [5.41, 5.74) is 4.19. The Hall–Kier alpha value is -3.54. The van der Waals surface area contributed by atoms with Crippen molar-refractivity contribution in [1.82, 2.24) is 10.3 Å². The van der Waals surface area contributed by atoms with Crippen molar-refractivity contribution in [3.8, 4) is 0 Å². The first-order valence-electron chi connectivity index (χ1n) is 11.4. The van der Waals surface area contributed by atoms with Crippen LogP contribution in [-0.2, 0) is 27.2 Å². The molecule has 172 valence electrons. The average molecular weight is 447 g/mol. The third-order valence-electron chi connectivity index (χ3n) is 6.20. The van der Waals surface area contributed by atoms with E-state index in [4.69, 9.17) is 4.74 Å². The lowest BCUT2D eigenvalue weighted by molar-refractivity contribution is -0.140. The highest BCUT2D eigenvalue weighted by atomic mass is 16.6. The van der Waals surface area contributed by atoms with Gasteiger partial charge < -0.3 is 20.1 Å². The zero-order chi connectivity index (χ0) is 23.5. The molecule has 1 aliphatic heterocycles. The van der Waals surface area contributed by atoms with Crippen LogP contribution in [0.25, 0.3) is 10.9 Å². The van der Waals surface area contributed by atoms with E-state index in [-0.39, 0.29) is 23.5 Å². The van der Waals surface area contributed by atoms with Gasteiger partial charge in [0.15, 0.2) is 6.10 Å². The molecule has 6 heteroatoms. The number of carbonyl (C=O) groups is 2. The zero-order valence-electron chi connectivity index (χ0n) is 19.2. The van der Waals surface area contributed by atoms with E-state index in [9.17, 15) is 14.7 Å². The van der Waals surface area contributed by atoms with Crippen LogP contribution in [0.5, 0.6) is 0 Å². The Morgan fingerprint density at radius 3 is 2.52 bits per heavy atom. The largest absolute Gasteiger partial charge is 0.508 e. The first kappa shape index (κ1) is 22.6. The lowest BCUT2D eigenvalue weighted by atomic mass is 9.82. The first-order chi connectivity index (χ1) is 15.9. The van der Waals surface area contributed by atoms with Crippen molar-refractivity contribution < 1.29 is 19.4 Å². The Morgan fingerprint density at radius 2 is 1.82 bits per heavy atom. The molecule has 1 aliphatic rings. The molecule has 3 N–H and O–H groups in total. The molecule has 1 aromatic heterocycles. The van der Waals surface area contributed by atoms with E-state index in [2.05, 4.69) is 10.3 Å². The minimum Gasteiger partial charge on any atom is -0.508 e. The van der Waals surface area contributed by atoms with E-state index < -0.39 is 12.1 Å². The van der Waals surface area contributed by atoms with Gasteiger partial charge in [-0.15, -0.1) is 0 Å². The predicted octanol–water partition coefficient (Wildman–Crippen LogP) is 4.57. The molecule has 2 unspecified atom stereocenters. The summed E-state index contributed by atoms with van der Waals surface area (Å²) in [6.07, 6.45) is 0.344. The lowest BCUT2D eigenvalue weighted by Crippen LogP contribution is -2.23. The van der Waals surface area contributed by atoms with Crippen LogP contribution in [0, 0.1) is 5.92 Å². The second-order valence-corrected chi connectivity index (χ2v) is 8.90. The van der Waals surface area contributed by atoms with Crippen molar-refractivity contribution in [3.05, 3.63) is 82.8 Å². The number of para-hydroxylation sites is 1. The standard InChI is InChI=1S/C27H30N2O4/c1-16(2)23(24-26(31)22(33-27(24)32)15-18-9-5-4-6-10-18)25-20(13-14-28-17(3)30)19-11-7-8-12-21(19)29-25/h4-12,16,22-23,29,31H,13-15H2,1-3H3,(H,28,30). The van der Waals surface area contributed by atoms with Gasteiger partial charge in [0, 0.05) is 42.4 Å². The fourth-order valence-corrected chi connectivity index (χ4v) is 4.71. The maximum absolute atomic E-state index is 13.0. The molecule has 0 saturated heterocycles. The molecule has 0 spiro atoms. The van der Waals surface area contributed by atoms with Gasteiger partial charge in [-0.05, 0) is 29.5 Å². The smallest absolute Gasteiger partial charge is 0.339 e. The van der Waals surface area contributed by atoms with Crippen LogP contribution < -0.4 is 5.32 Å². The number of hydrogen-bond acceptors (Lipinski definition) is 4. The highest BCUT2D eigenvalue weighted by molar-refractivity contribution is 5.94. The molecule has 0 bridgehead atoms. The van der Waals surface area contributed by atoms with Crippen LogP contribution in [-0.4, -0.2) is 34.6 Å². The number of benzene rings is 2. The lowest BCUT2D eigenvalue weighted by Gasteiger charge is -2.22. The predicted molar refractivity (Wildman–Crippen MR) is 128 cm³/mol. The number of cyclic esters (lactones) is 1. The minimum absolute atomic E-state index is 0.00835. The summed E-state index contributed by atoms with van der Waals surface area (Å²) in [6.45, 7) is 6.05. The molecule has 2 aromatic carbocycles. The van der Waals surface area contributed by atoms with Crippen LogP contribution >= 0.6 is 0 Å². The Kier molecular flexibility index (Phi) is 6.54. The molecular formula is C27H30N2O4. The molecule has 0 aliphatic carbocycles. The second kappa shape index (κ2) is 9.53. The minimum atomic E-state index is -0.691. The van der Waals surface area contributed by atoms with Gasteiger partial charge in [0.2, 0.25) is 5.91 Å². The van der Waals surface area contributed by atoms with Crippen molar-refractivity contribution in [1.29, 1.82) is 0 Å². The number of H-pyrrole nitrogens is 1. The topological polar surface area (TPSA) is 91.4 Å². The molecule has 4 rings (SSSR count). The highest BCUT2D eigenvalue weighted by Crippen LogP contribution is 2.41. The third kappa shape index (κ3) is 4.65. The number of aromatic nitrogens is 1. The quantitative estimate of drug-likeness (QED) is 0.442. The fourth-order valence-electron chi connectivity index (χ4n) is 4.71. The number of aliphatic hydroxyl groups is 1. The van der Waals surface area contributed by atoms with Crippen molar-refractivity contribution in [2.24, 2.45) is 5.92 Å². The number of fused-ring (bicyclic) bond motifs is 1. The SMILES string of the molecule is CC(=O)NCCc1c(C(C2=C(O)C(Cc3ccccc3)OC2=O)C(C)C)[nH]c2ccccc12. The Bertz CT molecular complexity index is 1190. The van der Waals surface area contributed by atoms with Crippen LogP contribution in [0.3, 0.4) is 0 Å². The van der Waals surface area contributed by atoms with Gasteiger partial charge in [0.25, 0.3) is 0 Å². The van der Waals surface area contributed by atoms with Gasteiger partial charge in [-0.1, -0.05) is 62.4 Å². The van der Waals surface area contributed by atoms with E-state index in [0.29, 0.717) is 25.0 Å². The van der Waals surface area contributed by atoms with Crippen molar-refractivity contribution in [2.45, 2.75) is 45.6 Å². The number of aromatic amines is 1. The number of carbonyl (C=O) groups excluding carboxylic acids is 2. The summed E-state index contributed by atoms with van der Waals surface area (Å²) >= 11 is 0. The molecule has 6 nitrogen and oxygen atoms in total. The van der Waals surface area contributed by atoms with Gasteiger partial charge in [0.05, 0.1) is 5.57 Å². The molecule has 2 atom stereocenters. The summed E-state index contributed by atoms with van der Waals surface area (Å²) in [6, 6.07) is 17.7. The number of aliphatic hydroxyl groups excluding tert-OH is 1. The van der Waals surface area contributed by atoms with Crippen LogP contribution in [0.15, 0.2) is 65.9 Å². The van der Waals surface area contributed by atoms with E-state index in [0.717, 1.165) is 27.7 Å². The van der Waals surface area contributed by atoms with Gasteiger partial charge >= 0.3 is 5.97 Å². The van der Waals surface area contributed by atoms with Crippen molar-refractivity contribution in [3.63, 3.8) is 0 Å². The van der Waals surface area contributed by atoms with Gasteiger partial charge in [-0.2, -0.15) is 0 Å². The monoisotopic (exact) mass is 446 g/mol. The molecule has 0 radical (unpaired) electrons. The van der Waals surface area contributed by atoms with E-state index in [1.807, 2.05) is 68.4 Å². The van der Waals surface area contributed by atoms with Crippen LogP contribution in [0.2, 0.25) is 0 Å². The molecular weight excluding hydrogens is 416 g/mol. The van der Waals surface area contributed by atoms with Crippen molar-refractivity contribution in [2.75, 3.05) is 6.54 Å². The van der Waals surface area contributed by atoms with Crippen molar-refractivity contribution >= 4 is 22.8 Å². The molecule has 2 heterocycles. The summed E-state index contributed by atoms with van der Waals surface area (Å²) in [5, 5.41) is 15.0. The summed E-state index contributed by atoms with van der Waals surface area (Å²) in [5.74, 6) is -0.886. The summed E-state index contributed by atoms with van der Waals surface area (Å²) in [4.78, 5) is 27.9. The van der Waals surface area contributed by atoms with Gasteiger partial charge in [-0.3, -0.25) is 4.79 Å². The highest BCUT2D eigenvalue weighted by Gasteiger charge is 2.41. The van der Waals surface area contributed by atoms with E-state index >= 15 is 0 Å². The molecule has 0 fully saturated rings. The van der Waals surface area contributed by atoms with Crippen LogP contribution in [0.4, 0.5) is 0 Å². The van der Waals surface area contributed by atoms with Crippen LogP contribution in [0.1, 0.15) is 43.5 Å². The fraction of sp³-hybridized carbons (Fsp3) is 0.333. The average Bonchev–Trinajstić information content (AvgIpc) is 3.27. The molecule has 0 saturated carbocycles. The Balaban J connectivity index is 1.75. The molecule has 33 heavy (non-hydrogen) atoms. The normalized spacial score (nSPS) is 17.0. The van der Waals surface area contributed by atoms with E-state index in [1.54, 1.807) is 0 Å². The number of esters is 1. The van der Waals surface area contributed by atoms with Gasteiger partial charge in [-0.25, -0.2) is 4.79 Å². The molecule has 3 aromatic rings. The number of rotatable bonds is 8. The summed E-state index contributed by atoms with van der Waals surface area (Å²) < 4.78 is 5.64. The number of hydrogen-bond donors (Lipinski definition) is 3. The zero-order valence-corrected chi connectivity index (χ0v) is 19.2. The van der Waals surface area contributed by atoms with Gasteiger partial charge in [0.1, 0.15) is 5.76 Å². The maximum atomic E-state index is 13.0. The Labute approximate surface area is 193 Å².